The highest BCUT2D eigenvalue weighted by Crippen LogP contribution is 2.24. The van der Waals surface area contributed by atoms with Gasteiger partial charge >= 0.3 is 0 Å². The highest BCUT2D eigenvalue weighted by Gasteiger charge is 2.29. The van der Waals surface area contributed by atoms with Crippen LogP contribution < -0.4 is 0 Å². The van der Waals surface area contributed by atoms with Gasteiger partial charge in [-0.15, -0.1) is 0 Å². The quantitative estimate of drug-likeness (QED) is 0.590. The van der Waals surface area contributed by atoms with Gasteiger partial charge in [0.1, 0.15) is 0 Å². The van der Waals surface area contributed by atoms with E-state index in [1.807, 2.05) is 0 Å². The minimum atomic E-state index is -3.84. The van der Waals surface area contributed by atoms with Crippen LogP contribution in [-0.2, 0) is 31.3 Å². The van der Waals surface area contributed by atoms with Crippen molar-refractivity contribution in [1.82, 2.24) is 13.6 Å². The van der Waals surface area contributed by atoms with Crippen LogP contribution in [0.15, 0.2) is 58.6 Å². The summed E-state index contributed by atoms with van der Waals surface area (Å²) in [4.78, 5) is 4.17. The Kier molecular flexibility index (Phi) is 7.01. The molecule has 10 heteroatoms. The molecule has 0 aliphatic carbocycles. The zero-order valence-electron chi connectivity index (χ0n) is 16.3. The van der Waals surface area contributed by atoms with E-state index in [2.05, 4.69) is 4.98 Å². The smallest absolute Gasteiger partial charge is 0.243 e. The summed E-state index contributed by atoms with van der Waals surface area (Å²) in [6.07, 6.45) is 4.92. The van der Waals surface area contributed by atoms with Crippen molar-refractivity contribution in [2.75, 3.05) is 33.4 Å². The Morgan fingerprint density at radius 2 is 1.69 bits per heavy atom. The van der Waals surface area contributed by atoms with Gasteiger partial charge in [0.2, 0.25) is 20.0 Å². The Balaban J connectivity index is 1.85. The largest absolute Gasteiger partial charge is 0.383 e. The van der Waals surface area contributed by atoms with Crippen molar-refractivity contribution in [3.05, 3.63) is 54.4 Å². The fraction of sp³-hybridized carbons (Fsp3) is 0.421. The fourth-order valence-electron chi connectivity index (χ4n) is 3.18. The Morgan fingerprint density at radius 1 is 1.03 bits per heavy atom. The van der Waals surface area contributed by atoms with Gasteiger partial charge in [-0.1, -0.05) is 6.07 Å². The number of ether oxygens (including phenoxy) is 1. The van der Waals surface area contributed by atoms with Gasteiger partial charge in [0.15, 0.2) is 0 Å². The van der Waals surface area contributed by atoms with Crippen LogP contribution in [0.3, 0.4) is 0 Å². The summed E-state index contributed by atoms with van der Waals surface area (Å²) in [6, 6.07) is 8.96. The zero-order chi connectivity index (χ0) is 20.9. The van der Waals surface area contributed by atoms with Crippen LogP contribution >= 0.6 is 0 Å². The number of methoxy groups -OCH3 is 1. The Morgan fingerprint density at radius 3 is 2.28 bits per heavy atom. The minimum Gasteiger partial charge on any atom is -0.383 e. The molecule has 2 heterocycles. The van der Waals surface area contributed by atoms with Crippen LogP contribution in [0.4, 0.5) is 0 Å². The topological polar surface area (TPSA) is 96.9 Å². The van der Waals surface area contributed by atoms with Gasteiger partial charge in [-0.3, -0.25) is 4.98 Å². The third-order valence-electron chi connectivity index (χ3n) is 4.79. The molecule has 8 nitrogen and oxygen atoms in total. The minimum absolute atomic E-state index is 0.0397. The van der Waals surface area contributed by atoms with E-state index in [9.17, 15) is 16.8 Å². The highest BCUT2D eigenvalue weighted by molar-refractivity contribution is 7.89. The number of hydrogen-bond acceptors (Lipinski definition) is 6. The van der Waals surface area contributed by atoms with Crippen molar-refractivity contribution >= 4 is 20.0 Å². The van der Waals surface area contributed by atoms with Crippen LogP contribution in [-0.4, -0.2) is 63.8 Å². The van der Waals surface area contributed by atoms with Gasteiger partial charge < -0.3 is 4.74 Å². The molecule has 1 saturated heterocycles. The molecular formula is C19H25N3O5S2. The van der Waals surface area contributed by atoms with Crippen LogP contribution in [0.5, 0.6) is 0 Å². The lowest BCUT2D eigenvalue weighted by molar-refractivity contribution is 0.177. The molecule has 0 amide bonds. The number of pyridine rings is 1. The number of benzene rings is 1. The molecule has 1 fully saturated rings. The van der Waals surface area contributed by atoms with Gasteiger partial charge in [-0.25, -0.2) is 16.8 Å². The summed E-state index contributed by atoms with van der Waals surface area (Å²) >= 11 is 0. The number of sulfonamides is 2. The van der Waals surface area contributed by atoms with Gasteiger partial charge in [-0.05, 0) is 48.7 Å². The average molecular weight is 440 g/mol. The molecule has 0 spiro atoms. The molecule has 0 unspecified atom stereocenters. The van der Waals surface area contributed by atoms with E-state index in [1.54, 1.807) is 24.5 Å². The molecule has 1 aromatic carbocycles. The molecule has 2 aromatic rings. The van der Waals surface area contributed by atoms with Crippen LogP contribution in [0, 0.1) is 0 Å². The molecule has 0 N–H and O–H groups in total. The predicted octanol–water partition coefficient (Wildman–Crippen LogP) is 1.70. The average Bonchev–Trinajstić information content (AvgIpc) is 3.27. The summed E-state index contributed by atoms with van der Waals surface area (Å²) in [5.41, 5.74) is 0.750. The number of rotatable bonds is 9. The van der Waals surface area contributed by atoms with Crippen molar-refractivity contribution in [1.29, 1.82) is 0 Å². The Hall–Kier alpha value is -1.85. The van der Waals surface area contributed by atoms with E-state index in [0.29, 0.717) is 13.1 Å². The van der Waals surface area contributed by atoms with E-state index in [4.69, 9.17) is 4.74 Å². The first-order valence-electron chi connectivity index (χ1n) is 9.34. The maximum absolute atomic E-state index is 13.1. The van der Waals surface area contributed by atoms with Crippen LogP contribution in [0.1, 0.15) is 18.4 Å². The second-order valence-corrected chi connectivity index (χ2v) is 10.7. The third-order valence-corrected chi connectivity index (χ3v) is 8.56. The van der Waals surface area contributed by atoms with Gasteiger partial charge in [0, 0.05) is 45.7 Å². The van der Waals surface area contributed by atoms with Crippen LogP contribution in [0.2, 0.25) is 0 Å². The van der Waals surface area contributed by atoms with Crippen molar-refractivity contribution in [2.24, 2.45) is 0 Å². The van der Waals surface area contributed by atoms with Gasteiger partial charge in [0.25, 0.3) is 0 Å². The summed E-state index contributed by atoms with van der Waals surface area (Å²) < 4.78 is 59.4. The highest BCUT2D eigenvalue weighted by atomic mass is 32.2. The molecule has 29 heavy (non-hydrogen) atoms. The molecule has 158 valence electrons. The molecule has 0 bridgehead atoms. The monoisotopic (exact) mass is 439 g/mol. The molecule has 1 aliphatic rings. The SMILES string of the molecule is COCCN(Cc1cccnc1)S(=O)(=O)c1ccc(S(=O)(=O)N2CCCC2)cc1. The van der Waals surface area contributed by atoms with Crippen molar-refractivity contribution in [3.8, 4) is 0 Å². The van der Waals surface area contributed by atoms with E-state index >= 15 is 0 Å². The van der Waals surface area contributed by atoms with E-state index in [-0.39, 0.29) is 29.5 Å². The molecule has 0 radical (unpaired) electrons. The summed E-state index contributed by atoms with van der Waals surface area (Å²) in [6.45, 7) is 1.55. The van der Waals surface area contributed by atoms with Crippen molar-refractivity contribution in [3.63, 3.8) is 0 Å². The molecular weight excluding hydrogens is 414 g/mol. The lowest BCUT2D eigenvalue weighted by Crippen LogP contribution is -2.33. The standard InChI is InChI=1S/C19H25N3O5S2/c1-27-14-13-22(16-17-5-4-10-20-15-17)29(25,26)19-8-6-18(7-9-19)28(23,24)21-11-2-3-12-21/h4-10,15H,2-3,11-14,16H2,1H3. The Bertz CT molecular complexity index is 1000. The van der Waals surface area contributed by atoms with E-state index < -0.39 is 20.0 Å². The number of nitrogens with zero attached hydrogens (tertiary/aromatic N) is 3. The molecule has 0 saturated carbocycles. The Labute approximate surface area is 172 Å². The summed E-state index contributed by atoms with van der Waals surface area (Å²) in [5.74, 6) is 0. The maximum atomic E-state index is 13.1. The van der Waals surface area contributed by atoms with Gasteiger partial charge in [0.05, 0.1) is 16.4 Å². The normalized spacial score (nSPS) is 15.8. The fourth-order valence-corrected chi connectivity index (χ4v) is 6.11. The van der Waals surface area contributed by atoms with Gasteiger partial charge in [-0.2, -0.15) is 8.61 Å². The summed E-state index contributed by atoms with van der Waals surface area (Å²) in [7, 11) is -5.92. The molecule has 0 atom stereocenters. The number of aromatic nitrogens is 1. The first kappa shape index (κ1) is 21.8. The third kappa shape index (κ3) is 5.01. The lowest BCUT2D eigenvalue weighted by Gasteiger charge is -2.22. The second kappa shape index (κ2) is 9.31. The van der Waals surface area contributed by atoms with Crippen molar-refractivity contribution in [2.45, 2.75) is 29.2 Å². The molecule has 1 aliphatic heterocycles. The lowest BCUT2D eigenvalue weighted by atomic mass is 10.3. The van der Waals surface area contributed by atoms with E-state index in [1.165, 1.54) is 40.0 Å². The number of hydrogen-bond donors (Lipinski definition) is 0. The second-order valence-electron chi connectivity index (χ2n) is 6.78. The van der Waals surface area contributed by atoms with Crippen LogP contribution in [0.25, 0.3) is 0 Å². The zero-order valence-corrected chi connectivity index (χ0v) is 17.9. The predicted molar refractivity (Wildman–Crippen MR) is 108 cm³/mol. The summed E-state index contributed by atoms with van der Waals surface area (Å²) in [5, 5.41) is 0. The van der Waals surface area contributed by atoms with Crippen molar-refractivity contribution < 1.29 is 21.6 Å². The first-order chi connectivity index (χ1) is 13.9. The molecule has 3 rings (SSSR count). The maximum Gasteiger partial charge on any atom is 0.243 e. The molecule has 1 aromatic heterocycles. The van der Waals surface area contributed by atoms with E-state index in [0.717, 1.165) is 18.4 Å². The first-order valence-corrected chi connectivity index (χ1v) is 12.2.